The molecule has 1 unspecified atom stereocenters. The third kappa shape index (κ3) is 3.89. The minimum Gasteiger partial charge on any atom is -0.477 e. The molecule has 0 aromatic carbocycles. The van der Waals surface area contributed by atoms with Crippen LogP contribution in [0, 0.1) is 6.92 Å². The van der Waals surface area contributed by atoms with Crippen LogP contribution in [0.5, 0.6) is 0 Å². The van der Waals surface area contributed by atoms with Crippen LogP contribution in [-0.4, -0.2) is 17.1 Å². The van der Waals surface area contributed by atoms with E-state index in [1.54, 1.807) is 0 Å². The predicted octanol–water partition coefficient (Wildman–Crippen LogP) is 3.54. The summed E-state index contributed by atoms with van der Waals surface area (Å²) < 4.78 is 0. The summed E-state index contributed by atoms with van der Waals surface area (Å²) in [4.78, 5) is 14.1. The average molecular weight is 295 g/mol. The molecule has 0 aliphatic carbocycles. The van der Waals surface area contributed by atoms with Gasteiger partial charge in [-0.05, 0) is 49.4 Å². The molecule has 0 saturated carbocycles. The van der Waals surface area contributed by atoms with Crippen molar-refractivity contribution in [3.8, 4) is 0 Å². The summed E-state index contributed by atoms with van der Waals surface area (Å²) in [5, 5.41) is 14.3. The molecule has 5 heteroatoms. The fourth-order valence-corrected chi connectivity index (χ4v) is 3.70. The second-order valence-corrected chi connectivity index (χ2v) is 6.87. The van der Waals surface area contributed by atoms with E-state index in [4.69, 9.17) is 5.11 Å². The van der Waals surface area contributed by atoms with Gasteiger partial charge in [0, 0.05) is 22.3 Å². The number of carboxylic acids is 1. The van der Waals surface area contributed by atoms with Crippen LogP contribution >= 0.6 is 22.7 Å². The van der Waals surface area contributed by atoms with Gasteiger partial charge in [0.05, 0.1) is 0 Å². The van der Waals surface area contributed by atoms with Crippen molar-refractivity contribution in [2.45, 2.75) is 32.9 Å². The average Bonchev–Trinajstić information content (AvgIpc) is 2.95. The molecular formula is C14H17NO2S2. The van der Waals surface area contributed by atoms with Gasteiger partial charge >= 0.3 is 5.97 Å². The Hall–Kier alpha value is -1.17. The van der Waals surface area contributed by atoms with Gasteiger partial charge in [-0.3, -0.25) is 0 Å². The Kier molecular flexibility index (Phi) is 4.74. The lowest BCUT2D eigenvalue weighted by molar-refractivity contribution is 0.0701. The molecule has 0 saturated heterocycles. The zero-order valence-electron chi connectivity index (χ0n) is 11.0. The SMILES string of the molecule is Cc1ccc(CC(C)NCc2ccsc2C(=O)O)s1. The first-order valence-electron chi connectivity index (χ1n) is 6.14. The monoisotopic (exact) mass is 295 g/mol. The van der Waals surface area contributed by atoms with Crippen molar-refractivity contribution in [2.75, 3.05) is 0 Å². The summed E-state index contributed by atoms with van der Waals surface area (Å²) in [6.07, 6.45) is 0.977. The lowest BCUT2D eigenvalue weighted by Gasteiger charge is -2.12. The molecule has 0 spiro atoms. The summed E-state index contributed by atoms with van der Waals surface area (Å²) >= 11 is 3.09. The lowest BCUT2D eigenvalue weighted by atomic mass is 10.2. The Balaban J connectivity index is 1.88. The maximum atomic E-state index is 11.0. The summed E-state index contributed by atoms with van der Waals surface area (Å²) in [5.74, 6) is -0.840. The zero-order valence-corrected chi connectivity index (χ0v) is 12.6. The molecule has 2 heterocycles. The van der Waals surface area contributed by atoms with Crippen LogP contribution in [0.25, 0.3) is 0 Å². The molecular weight excluding hydrogens is 278 g/mol. The van der Waals surface area contributed by atoms with E-state index in [0.29, 0.717) is 17.5 Å². The Morgan fingerprint density at radius 2 is 2.21 bits per heavy atom. The number of thiophene rings is 2. The Labute approximate surface area is 120 Å². The second kappa shape index (κ2) is 6.32. The van der Waals surface area contributed by atoms with Crippen LogP contribution in [0.2, 0.25) is 0 Å². The number of hydrogen-bond donors (Lipinski definition) is 2. The molecule has 2 aromatic heterocycles. The lowest BCUT2D eigenvalue weighted by Crippen LogP contribution is -2.27. The molecule has 0 radical (unpaired) electrons. The maximum absolute atomic E-state index is 11.0. The number of hydrogen-bond acceptors (Lipinski definition) is 4. The van der Waals surface area contributed by atoms with E-state index in [-0.39, 0.29) is 0 Å². The molecule has 0 aliphatic rings. The number of nitrogens with one attached hydrogen (secondary N) is 1. The molecule has 2 rings (SSSR count). The van der Waals surface area contributed by atoms with Crippen molar-refractivity contribution in [1.82, 2.24) is 5.32 Å². The molecule has 19 heavy (non-hydrogen) atoms. The summed E-state index contributed by atoms with van der Waals surface area (Å²) in [6, 6.07) is 6.50. The highest BCUT2D eigenvalue weighted by Crippen LogP contribution is 2.18. The van der Waals surface area contributed by atoms with E-state index < -0.39 is 5.97 Å². The standard InChI is InChI=1S/C14H17NO2S2/c1-9(7-12-4-3-10(2)19-12)15-8-11-5-6-18-13(11)14(16)17/h3-6,9,15H,7-8H2,1-2H3,(H,16,17). The van der Waals surface area contributed by atoms with E-state index in [0.717, 1.165) is 12.0 Å². The zero-order chi connectivity index (χ0) is 13.8. The third-order valence-electron chi connectivity index (χ3n) is 2.89. The number of rotatable bonds is 6. The van der Waals surface area contributed by atoms with E-state index in [9.17, 15) is 4.79 Å². The Morgan fingerprint density at radius 1 is 1.42 bits per heavy atom. The van der Waals surface area contributed by atoms with Crippen molar-refractivity contribution in [3.63, 3.8) is 0 Å². The van der Waals surface area contributed by atoms with Gasteiger partial charge in [-0.15, -0.1) is 22.7 Å². The molecule has 2 N–H and O–H groups in total. The second-order valence-electron chi connectivity index (χ2n) is 4.58. The highest BCUT2D eigenvalue weighted by Gasteiger charge is 2.12. The van der Waals surface area contributed by atoms with Gasteiger partial charge in [-0.2, -0.15) is 0 Å². The molecule has 1 atom stereocenters. The highest BCUT2D eigenvalue weighted by atomic mass is 32.1. The first kappa shape index (κ1) is 14.2. The van der Waals surface area contributed by atoms with Gasteiger partial charge in [0.2, 0.25) is 0 Å². The normalized spacial score (nSPS) is 12.5. The van der Waals surface area contributed by atoms with Crippen LogP contribution in [0.1, 0.15) is 31.9 Å². The fourth-order valence-electron chi connectivity index (χ4n) is 1.92. The summed E-state index contributed by atoms with van der Waals surface area (Å²) in [6.45, 7) is 4.84. The quantitative estimate of drug-likeness (QED) is 0.857. The van der Waals surface area contributed by atoms with Crippen LogP contribution < -0.4 is 5.32 Å². The van der Waals surface area contributed by atoms with E-state index in [1.165, 1.54) is 21.1 Å². The van der Waals surface area contributed by atoms with Gasteiger partial charge in [-0.25, -0.2) is 4.79 Å². The van der Waals surface area contributed by atoms with Crippen molar-refractivity contribution < 1.29 is 9.90 Å². The fraction of sp³-hybridized carbons (Fsp3) is 0.357. The van der Waals surface area contributed by atoms with Crippen LogP contribution in [0.15, 0.2) is 23.6 Å². The van der Waals surface area contributed by atoms with Gasteiger partial charge in [0.1, 0.15) is 4.88 Å². The molecule has 0 amide bonds. The molecule has 102 valence electrons. The summed E-state index contributed by atoms with van der Waals surface area (Å²) in [7, 11) is 0. The van der Waals surface area contributed by atoms with E-state index in [1.807, 2.05) is 22.8 Å². The van der Waals surface area contributed by atoms with Crippen LogP contribution in [0.4, 0.5) is 0 Å². The van der Waals surface area contributed by atoms with E-state index >= 15 is 0 Å². The molecule has 0 bridgehead atoms. The topological polar surface area (TPSA) is 49.3 Å². The molecule has 3 nitrogen and oxygen atoms in total. The number of carbonyl (C=O) groups is 1. The van der Waals surface area contributed by atoms with Gasteiger partial charge in [-0.1, -0.05) is 0 Å². The smallest absolute Gasteiger partial charge is 0.346 e. The maximum Gasteiger partial charge on any atom is 0.346 e. The van der Waals surface area contributed by atoms with Gasteiger partial charge in [0.25, 0.3) is 0 Å². The van der Waals surface area contributed by atoms with E-state index in [2.05, 4.69) is 31.3 Å². The van der Waals surface area contributed by atoms with Crippen LogP contribution in [0.3, 0.4) is 0 Å². The number of aromatic carboxylic acids is 1. The van der Waals surface area contributed by atoms with Crippen LogP contribution in [-0.2, 0) is 13.0 Å². The van der Waals surface area contributed by atoms with Gasteiger partial charge in [0.15, 0.2) is 0 Å². The predicted molar refractivity (Wildman–Crippen MR) is 80.3 cm³/mol. The molecule has 2 aromatic rings. The third-order valence-corrected chi connectivity index (χ3v) is 4.85. The molecule has 0 fully saturated rings. The first-order chi connectivity index (χ1) is 9.06. The minimum atomic E-state index is -0.840. The summed E-state index contributed by atoms with van der Waals surface area (Å²) in [5.41, 5.74) is 0.867. The number of carboxylic acid groups (broad SMARTS) is 1. The largest absolute Gasteiger partial charge is 0.477 e. The van der Waals surface area contributed by atoms with Crippen molar-refractivity contribution >= 4 is 28.6 Å². The highest BCUT2D eigenvalue weighted by molar-refractivity contribution is 7.12. The van der Waals surface area contributed by atoms with Crippen molar-refractivity contribution in [2.24, 2.45) is 0 Å². The Bertz CT molecular complexity index is 559. The van der Waals surface area contributed by atoms with Crippen molar-refractivity contribution in [3.05, 3.63) is 43.8 Å². The molecule has 0 aliphatic heterocycles. The Morgan fingerprint density at radius 3 is 2.84 bits per heavy atom. The van der Waals surface area contributed by atoms with Gasteiger partial charge < -0.3 is 10.4 Å². The number of aryl methyl sites for hydroxylation is 1. The van der Waals surface area contributed by atoms with Crippen molar-refractivity contribution in [1.29, 1.82) is 0 Å². The first-order valence-corrected chi connectivity index (χ1v) is 7.84. The minimum absolute atomic E-state index is 0.333.